The number of nitrogens with zero attached hydrogens (tertiary/aromatic N) is 2. The minimum atomic E-state index is 0.227. The second kappa shape index (κ2) is 5.47. The van der Waals surface area contributed by atoms with Gasteiger partial charge in [0.2, 0.25) is 11.8 Å². The van der Waals surface area contributed by atoms with Gasteiger partial charge in [-0.3, -0.25) is 0 Å². The fraction of sp³-hybridized carbons (Fsp3) is 0.125. The van der Waals surface area contributed by atoms with Crippen molar-refractivity contribution in [2.75, 3.05) is 0 Å². The van der Waals surface area contributed by atoms with E-state index in [0.29, 0.717) is 11.8 Å². The van der Waals surface area contributed by atoms with E-state index in [1.807, 2.05) is 30.3 Å². The van der Waals surface area contributed by atoms with Gasteiger partial charge in [0.1, 0.15) is 5.88 Å². The number of rotatable bonds is 3. The van der Waals surface area contributed by atoms with Crippen LogP contribution in [0.3, 0.4) is 0 Å². The highest BCUT2D eigenvalue weighted by Gasteiger charge is 2.13. The predicted octanol–water partition coefficient (Wildman–Crippen LogP) is 4.45. The van der Waals surface area contributed by atoms with Crippen LogP contribution in [0.2, 0.25) is 0 Å². The Hall–Kier alpha value is -2.13. The molecular weight excluding hydrogens is 272 g/mol. The predicted molar refractivity (Wildman–Crippen MR) is 79.5 cm³/mol. The highest BCUT2D eigenvalue weighted by molar-refractivity contribution is 6.16. The second-order valence-electron chi connectivity index (χ2n) is 4.48. The van der Waals surface area contributed by atoms with Gasteiger partial charge in [-0.25, -0.2) is 0 Å². The number of alkyl halides is 1. The third-order valence-corrected chi connectivity index (χ3v) is 3.46. The summed E-state index contributed by atoms with van der Waals surface area (Å²) in [5.41, 5.74) is 4.39. The first kappa shape index (κ1) is 12.9. The van der Waals surface area contributed by atoms with Crippen LogP contribution in [-0.2, 0) is 5.88 Å². The lowest BCUT2D eigenvalue weighted by molar-refractivity contribution is 0.527. The number of hydrogen-bond acceptors (Lipinski definition) is 3. The maximum absolute atomic E-state index is 5.70. The summed E-state index contributed by atoms with van der Waals surface area (Å²) in [7, 11) is 0. The van der Waals surface area contributed by atoms with Crippen LogP contribution in [0.25, 0.3) is 22.6 Å². The highest BCUT2D eigenvalue weighted by atomic mass is 35.5. The molecule has 0 spiro atoms. The van der Waals surface area contributed by atoms with E-state index in [0.717, 1.165) is 16.7 Å². The average Bonchev–Trinajstić information content (AvgIpc) is 2.97. The van der Waals surface area contributed by atoms with Gasteiger partial charge < -0.3 is 4.42 Å². The Balaban J connectivity index is 2.10. The first-order valence-electron chi connectivity index (χ1n) is 6.33. The molecule has 4 heteroatoms. The van der Waals surface area contributed by atoms with Crippen molar-refractivity contribution in [3.63, 3.8) is 0 Å². The fourth-order valence-electron chi connectivity index (χ4n) is 2.21. The van der Waals surface area contributed by atoms with Crippen molar-refractivity contribution >= 4 is 11.6 Å². The number of halogens is 1. The highest BCUT2D eigenvalue weighted by Crippen LogP contribution is 2.31. The van der Waals surface area contributed by atoms with Crippen LogP contribution < -0.4 is 0 Å². The van der Waals surface area contributed by atoms with Gasteiger partial charge in [-0.1, -0.05) is 42.5 Å². The molecule has 0 fully saturated rings. The van der Waals surface area contributed by atoms with Gasteiger partial charge in [0.15, 0.2) is 0 Å². The van der Waals surface area contributed by atoms with Crippen molar-refractivity contribution in [3.05, 3.63) is 60.0 Å². The molecule has 0 unspecified atom stereocenters. The third kappa shape index (κ3) is 2.32. The molecule has 0 radical (unpaired) electrons. The van der Waals surface area contributed by atoms with Crippen molar-refractivity contribution < 1.29 is 4.42 Å². The third-order valence-electron chi connectivity index (χ3n) is 3.23. The largest absolute Gasteiger partial charge is 0.419 e. The van der Waals surface area contributed by atoms with E-state index in [1.54, 1.807) is 0 Å². The van der Waals surface area contributed by atoms with Crippen molar-refractivity contribution in [1.29, 1.82) is 0 Å². The van der Waals surface area contributed by atoms with Gasteiger partial charge in [0.05, 0.1) is 0 Å². The zero-order valence-corrected chi connectivity index (χ0v) is 11.8. The molecule has 0 saturated heterocycles. The summed E-state index contributed by atoms with van der Waals surface area (Å²) in [6, 6.07) is 16.3. The number of aromatic nitrogens is 2. The maximum atomic E-state index is 5.70. The van der Waals surface area contributed by atoms with Gasteiger partial charge >= 0.3 is 0 Å². The summed E-state index contributed by atoms with van der Waals surface area (Å²) in [5.74, 6) is 1.17. The first-order valence-corrected chi connectivity index (χ1v) is 6.87. The lowest BCUT2D eigenvalue weighted by Crippen LogP contribution is -1.88. The molecule has 3 rings (SSSR count). The van der Waals surface area contributed by atoms with Crippen LogP contribution >= 0.6 is 11.6 Å². The van der Waals surface area contributed by atoms with Crippen LogP contribution in [0.4, 0.5) is 0 Å². The molecule has 0 N–H and O–H groups in total. The Morgan fingerprint density at radius 3 is 2.40 bits per heavy atom. The minimum Gasteiger partial charge on any atom is -0.419 e. The fourth-order valence-corrected chi connectivity index (χ4v) is 2.32. The van der Waals surface area contributed by atoms with Crippen LogP contribution in [0.1, 0.15) is 11.5 Å². The van der Waals surface area contributed by atoms with Crippen LogP contribution in [0.5, 0.6) is 0 Å². The molecule has 20 heavy (non-hydrogen) atoms. The zero-order chi connectivity index (χ0) is 13.9. The summed E-state index contributed by atoms with van der Waals surface area (Å²) < 4.78 is 5.54. The Labute approximate surface area is 122 Å². The average molecular weight is 285 g/mol. The topological polar surface area (TPSA) is 38.9 Å². The molecular formula is C16H13ClN2O. The minimum absolute atomic E-state index is 0.227. The molecule has 0 aliphatic rings. The summed E-state index contributed by atoms with van der Waals surface area (Å²) >= 11 is 5.70. The lowest BCUT2D eigenvalue weighted by Gasteiger charge is -2.09. The Kier molecular flexibility index (Phi) is 3.52. The van der Waals surface area contributed by atoms with Crippen LogP contribution in [-0.4, -0.2) is 10.2 Å². The first-order chi connectivity index (χ1) is 9.79. The molecule has 0 aliphatic heterocycles. The van der Waals surface area contributed by atoms with Crippen molar-refractivity contribution in [2.24, 2.45) is 0 Å². The molecule has 0 bridgehead atoms. The van der Waals surface area contributed by atoms with Crippen molar-refractivity contribution in [2.45, 2.75) is 12.8 Å². The molecule has 0 aliphatic carbocycles. The molecule has 2 aromatic carbocycles. The summed E-state index contributed by atoms with van der Waals surface area (Å²) in [6.45, 7) is 2.06. The normalized spacial score (nSPS) is 10.7. The molecule has 3 aromatic rings. The molecule has 3 nitrogen and oxygen atoms in total. The number of hydrogen-bond donors (Lipinski definition) is 0. The van der Waals surface area contributed by atoms with Crippen molar-refractivity contribution in [1.82, 2.24) is 10.2 Å². The molecule has 0 saturated carbocycles. The zero-order valence-electron chi connectivity index (χ0n) is 11.0. The van der Waals surface area contributed by atoms with E-state index < -0.39 is 0 Å². The van der Waals surface area contributed by atoms with E-state index >= 15 is 0 Å². The lowest BCUT2D eigenvalue weighted by atomic mass is 9.96. The molecule has 0 amide bonds. The summed E-state index contributed by atoms with van der Waals surface area (Å²) in [5, 5.41) is 7.96. The Morgan fingerprint density at radius 2 is 1.70 bits per heavy atom. The molecule has 1 aromatic heterocycles. The van der Waals surface area contributed by atoms with Gasteiger partial charge in [0.25, 0.3) is 0 Å². The Morgan fingerprint density at radius 1 is 0.950 bits per heavy atom. The maximum Gasteiger partial charge on any atom is 0.248 e. The SMILES string of the molecule is Cc1c(-c2ccccc2)cccc1-c1nnc(CCl)o1. The van der Waals surface area contributed by atoms with Gasteiger partial charge in [-0.15, -0.1) is 21.8 Å². The Bertz CT molecular complexity index is 722. The molecule has 0 atom stereocenters. The second-order valence-corrected chi connectivity index (χ2v) is 4.75. The van der Waals surface area contributed by atoms with E-state index in [2.05, 4.69) is 35.3 Å². The van der Waals surface area contributed by atoms with E-state index in [1.165, 1.54) is 5.56 Å². The monoisotopic (exact) mass is 284 g/mol. The van der Waals surface area contributed by atoms with Gasteiger partial charge in [-0.05, 0) is 29.7 Å². The van der Waals surface area contributed by atoms with E-state index in [4.69, 9.17) is 16.0 Å². The van der Waals surface area contributed by atoms with Crippen LogP contribution in [0.15, 0.2) is 52.9 Å². The summed E-state index contributed by atoms with van der Waals surface area (Å²) in [4.78, 5) is 0. The molecule has 1 heterocycles. The van der Waals surface area contributed by atoms with Crippen LogP contribution in [0, 0.1) is 6.92 Å². The quantitative estimate of drug-likeness (QED) is 0.667. The van der Waals surface area contributed by atoms with E-state index in [9.17, 15) is 0 Å². The van der Waals surface area contributed by atoms with E-state index in [-0.39, 0.29) is 5.88 Å². The van der Waals surface area contributed by atoms with Gasteiger partial charge in [-0.2, -0.15) is 0 Å². The number of benzene rings is 2. The summed E-state index contributed by atoms with van der Waals surface area (Å²) in [6.07, 6.45) is 0. The smallest absolute Gasteiger partial charge is 0.248 e. The molecule has 100 valence electrons. The van der Waals surface area contributed by atoms with Gasteiger partial charge in [0, 0.05) is 5.56 Å². The standard InChI is InChI=1S/C16H13ClN2O/c1-11-13(12-6-3-2-4-7-12)8-5-9-14(11)16-19-18-15(10-17)20-16/h2-9H,10H2,1H3. The van der Waals surface area contributed by atoms with Crippen molar-refractivity contribution in [3.8, 4) is 22.6 Å².